The number of esters is 1. The van der Waals surface area contributed by atoms with E-state index in [0.29, 0.717) is 22.2 Å². The van der Waals surface area contributed by atoms with Gasteiger partial charge in [0.2, 0.25) is 5.91 Å². The Kier molecular flexibility index (Phi) is 6.19. The summed E-state index contributed by atoms with van der Waals surface area (Å²) in [6.45, 7) is 0. The van der Waals surface area contributed by atoms with Crippen molar-refractivity contribution < 1.29 is 23.8 Å². The summed E-state index contributed by atoms with van der Waals surface area (Å²) in [5.41, 5.74) is 0.682. The van der Waals surface area contributed by atoms with E-state index in [1.54, 1.807) is 25.3 Å². The van der Waals surface area contributed by atoms with Crippen molar-refractivity contribution in [3.63, 3.8) is 0 Å². The van der Waals surface area contributed by atoms with Gasteiger partial charge in [-0.15, -0.1) is 5.10 Å². The first-order valence-electron chi connectivity index (χ1n) is 6.95. The van der Waals surface area contributed by atoms with E-state index >= 15 is 0 Å². The third kappa shape index (κ3) is 4.25. The standard InChI is InChI=1S/C15H17N3O5S/c1-21-10-6-4-5-9(13(10)23-3)8-16-18-15-17-14(20)11(24-15)7-12(19)22-2/h4-6,8,11H,7H2,1-3H3,(H,17,18,20)/b16-8+. The molecule has 0 spiro atoms. The van der Waals surface area contributed by atoms with Crippen molar-refractivity contribution in [2.75, 3.05) is 21.3 Å². The number of ether oxygens (including phenoxy) is 3. The van der Waals surface area contributed by atoms with E-state index in [2.05, 4.69) is 20.3 Å². The number of amidine groups is 1. The van der Waals surface area contributed by atoms with Gasteiger partial charge < -0.3 is 19.5 Å². The van der Waals surface area contributed by atoms with Crippen LogP contribution in [-0.2, 0) is 14.3 Å². The number of thioether (sulfide) groups is 1. The van der Waals surface area contributed by atoms with Gasteiger partial charge in [0.1, 0.15) is 5.25 Å². The van der Waals surface area contributed by atoms with Crippen molar-refractivity contribution in [3.8, 4) is 11.5 Å². The minimum atomic E-state index is -0.558. The van der Waals surface area contributed by atoms with Crippen LogP contribution in [0.3, 0.4) is 0 Å². The van der Waals surface area contributed by atoms with Crippen LogP contribution >= 0.6 is 11.8 Å². The molecule has 8 nitrogen and oxygen atoms in total. The molecule has 2 rings (SSSR count). The number of hydrogen-bond acceptors (Lipinski definition) is 8. The fraction of sp³-hybridized carbons (Fsp3) is 0.333. The van der Waals surface area contributed by atoms with Crippen LogP contribution in [0.1, 0.15) is 12.0 Å². The van der Waals surface area contributed by atoms with Crippen LogP contribution < -0.4 is 14.8 Å². The molecule has 1 aliphatic rings. The molecule has 1 aliphatic heterocycles. The lowest BCUT2D eigenvalue weighted by Gasteiger charge is -2.08. The van der Waals surface area contributed by atoms with Crippen LogP contribution in [0.5, 0.6) is 11.5 Å². The van der Waals surface area contributed by atoms with Gasteiger partial charge in [0, 0.05) is 5.56 Å². The van der Waals surface area contributed by atoms with E-state index in [4.69, 9.17) is 9.47 Å². The van der Waals surface area contributed by atoms with E-state index in [1.807, 2.05) is 0 Å². The monoisotopic (exact) mass is 351 g/mol. The topological polar surface area (TPSA) is 98.6 Å². The van der Waals surface area contributed by atoms with Crippen LogP contribution in [0, 0.1) is 0 Å². The van der Waals surface area contributed by atoms with Crippen molar-refractivity contribution in [2.24, 2.45) is 10.2 Å². The second-order valence-electron chi connectivity index (χ2n) is 4.61. The predicted octanol–water partition coefficient (Wildman–Crippen LogP) is 1.19. The molecule has 1 unspecified atom stereocenters. The Morgan fingerprint density at radius 2 is 2.12 bits per heavy atom. The highest BCUT2D eigenvalue weighted by atomic mass is 32.2. The summed E-state index contributed by atoms with van der Waals surface area (Å²) < 4.78 is 15.0. The van der Waals surface area contributed by atoms with E-state index in [0.717, 1.165) is 11.8 Å². The normalized spacial score (nSPS) is 18.7. The molecule has 1 heterocycles. The maximum atomic E-state index is 11.7. The molecule has 0 aliphatic carbocycles. The lowest BCUT2D eigenvalue weighted by Crippen LogP contribution is -2.26. The molecule has 1 aromatic rings. The summed E-state index contributed by atoms with van der Waals surface area (Å²) in [6, 6.07) is 5.37. The molecule has 1 amide bonds. The number of para-hydroxylation sites is 1. The molecule has 1 saturated heterocycles. The smallest absolute Gasteiger partial charge is 0.307 e. The molecule has 0 aromatic heterocycles. The molecule has 1 aromatic carbocycles. The molecule has 0 saturated carbocycles. The van der Waals surface area contributed by atoms with Crippen molar-refractivity contribution in [2.45, 2.75) is 11.7 Å². The van der Waals surface area contributed by atoms with Crippen molar-refractivity contribution >= 4 is 35.0 Å². The molecule has 128 valence electrons. The Hall–Kier alpha value is -2.55. The van der Waals surface area contributed by atoms with Gasteiger partial charge >= 0.3 is 5.97 Å². The van der Waals surface area contributed by atoms with Gasteiger partial charge in [-0.1, -0.05) is 17.8 Å². The zero-order valence-corrected chi connectivity index (χ0v) is 14.3. The lowest BCUT2D eigenvalue weighted by atomic mass is 10.2. The number of amides is 1. The average Bonchev–Trinajstić information content (AvgIpc) is 2.93. The van der Waals surface area contributed by atoms with Crippen LogP contribution in [0.25, 0.3) is 0 Å². The molecule has 0 radical (unpaired) electrons. The van der Waals surface area contributed by atoms with Crippen LogP contribution in [0.2, 0.25) is 0 Å². The zero-order valence-electron chi connectivity index (χ0n) is 13.4. The first kappa shape index (κ1) is 17.8. The SMILES string of the molecule is COC(=O)CC1S/C(=N\N=C\c2cccc(OC)c2OC)NC1=O. The van der Waals surface area contributed by atoms with Crippen LogP contribution in [0.15, 0.2) is 28.4 Å². The third-order valence-electron chi connectivity index (χ3n) is 3.13. The van der Waals surface area contributed by atoms with Gasteiger partial charge in [-0.3, -0.25) is 9.59 Å². The summed E-state index contributed by atoms with van der Waals surface area (Å²) in [6.07, 6.45) is 1.48. The highest BCUT2D eigenvalue weighted by Gasteiger charge is 2.32. The molecule has 24 heavy (non-hydrogen) atoms. The molecule has 1 atom stereocenters. The molecule has 1 N–H and O–H groups in total. The first-order valence-corrected chi connectivity index (χ1v) is 7.83. The Morgan fingerprint density at radius 3 is 2.79 bits per heavy atom. The van der Waals surface area contributed by atoms with Gasteiger partial charge in [0.15, 0.2) is 16.7 Å². The number of methoxy groups -OCH3 is 3. The fourth-order valence-electron chi connectivity index (χ4n) is 1.98. The van der Waals surface area contributed by atoms with Crippen LogP contribution in [0.4, 0.5) is 0 Å². The van der Waals surface area contributed by atoms with Gasteiger partial charge in [0.05, 0.1) is 34.0 Å². The number of nitrogens with zero attached hydrogens (tertiary/aromatic N) is 2. The summed E-state index contributed by atoms with van der Waals surface area (Å²) in [5, 5.41) is 10.2. The van der Waals surface area contributed by atoms with Gasteiger partial charge in [0.25, 0.3) is 0 Å². The second kappa shape index (κ2) is 8.34. The number of hydrogen-bond donors (Lipinski definition) is 1. The number of rotatable bonds is 6. The first-order chi connectivity index (χ1) is 11.6. The molecular formula is C15H17N3O5S. The summed E-state index contributed by atoms with van der Waals surface area (Å²) in [4.78, 5) is 23.0. The number of carbonyl (C=O) groups is 2. The molecule has 1 fully saturated rings. The average molecular weight is 351 g/mol. The van der Waals surface area contributed by atoms with E-state index < -0.39 is 11.2 Å². The Morgan fingerprint density at radius 1 is 1.33 bits per heavy atom. The number of nitrogens with one attached hydrogen (secondary N) is 1. The van der Waals surface area contributed by atoms with Crippen molar-refractivity contribution in [1.29, 1.82) is 0 Å². The minimum Gasteiger partial charge on any atom is -0.493 e. The highest BCUT2D eigenvalue weighted by Crippen LogP contribution is 2.29. The largest absolute Gasteiger partial charge is 0.493 e. The summed E-state index contributed by atoms with van der Waals surface area (Å²) in [7, 11) is 4.36. The molecule has 9 heteroatoms. The zero-order chi connectivity index (χ0) is 17.5. The third-order valence-corrected chi connectivity index (χ3v) is 4.21. The maximum absolute atomic E-state index is 11.7. The second-order valence-corrected chi connectivity index (χ2v) is 5.80. The molecular weight excluding hydrogens is 334 g/mol. The maximum Gasteiger partial charge on any atom is 0.307 e. The van der Waals surface area contributed by atoms with Crippen molar-refractivity contribution in [3.05, 3.63) is 23.8 Å². The van der Waals surface area contributed by atoms with Crippen LogP contribution in [-0.4, -0.2) is 49.8 Å². The van der Waals surface area contributed by atoms with E-state index in [9.17, 15) is 9.59 Å². The lowest BCUT2D eigenvalue weighted by molar-refractivity contribution is -0.141. The number of carbonyl (C=O) groups excluding carboxylic acids is 2. The Bertz CT molecular complexity index is 690. The van der Waals surface area contributed by atoms with E-state index in [1.165, 1.54) is 20.4 Å². The summed E-state index contributed by atoms with van der Waals surface area (Å²) in [5.74, 6) is 0.373. The van der Waals surface area contributed by atoms with Gasteiger partial charge in [-0.05, 0) is 12.1 Å². The fourth-order valence-corrected chi connectivity index (χ4v) is 2.89. The van der Waals surface area contributed by atoms with E-state index in [-0.39, 0.29) is 12.3 Å². The number of benzene rings is 1. The highest BCUT2D eigenvalue weighted by molar-refractivity contribution is 8.15. The quantitative estimate of drug-likeness (QED) is 0.470. The Labute approximate surface area is 143 Å². The minimum absolute atomic E-state index is 0.0144. The van der Waals surface area contributed by atoms with Crippen molar-refractivity contribution in [1.82, 2.24) is 5.32 Å². The van der Waals surface area contributed by atoms with Gasteiger partial charge in [-0.25, -0.2) is 0 Å². The van der Waals surface area contributed by atoms with Gasteiger partial charge in [-0.2, -0.15) is 5.10 Å². The molecule has 0 bridgehead atoms. The predicted molar refractivity (Wildman–Crippen MR) is 90.7 cm³/mol. The summed E-state index contributed by atoms with van der Waals surface area (Å²) >= 11 is 1.13. The Balaban J connectivity index is 2.07.